The van der Waals surface area contributed by atoms with Gasteiger partial charge in [0.2, 0.25) is 10.0 Å². The Morgan fingerprint density at radius 2 is 1.57 bits per heavy atom. The number of hydrogen-bond acceptors (Lipinski definition) is 5. The average molecular weight is 316 g/mol. The number of nitrogens with zero attached hydrogens (tertiary/aromatic N) is 1. The van der Waals surface area contributed by atoms with Gasteiger partial charge in [-0.3, -0.25) is 0 Å². The van der Waals surface area contributed by atoms with Crippen LogP contribution in [-0.2, 0) is 10.0 Å². The minimum Gasteiger partial charge on any atom is -0.495 e. The fourth-order valence-corrected chi connectivity index (χ4v) is 3.88. The van der Waals surface area contributed by atoms with Gasteiger partial charge in [0.1, 0.15) is 16.4 Å². The summed E-state index contributed by atoms with van der Waals surface area (Å²) < 4.78 is 37.3. The Bertz CT molecular complexity index is 567. The number of anilines is 1. The Morgan fingerprint density at radius 1 is 1.05 bits per heavy atom. The third-order valence-corrected chi connectivity index (χ3v) is 5.00. The van der Waals surface area contributed by atoms with Gasteiger partial charge in [-0.05, 0) is 18.9 Å². The Kier molecular flexibility index (Phi) is 6.29. The molecule has 0 aliphatic carbocycles. The highest BCUT2D eigenvalue weighted by Crippen LogP contribution is 2.35. The molecular weight excluding hydrogens is 292 g/mol. The minimum atomic E-state index is -3.64. The molecule has 0 saturated heterocycles. The molecule has 21 heavy (non-hydrogen) atoms. The predicted octanol–water partition coefficient (Wildman–Crippen LogP) is 2.10. The zero-order chi connectivity index (χ0) is 16.0. The lowest BCUT2D eigenvalue weighted by molar-refractivity contribution is 0.379. The van der Waals surface area contributed by atoms with Crippen molar-refractivity contribution in [3.8, 4) is 11.5 Å². The van der Waals surface area contributed by atoms with Crippen molar-refractivity contribution in [3.05, 3.63) is 12.1 Å². The molecule has 120 valence electrons. The van der Waals surface area contributed by atoms with Crippen LogP contribution < -0.4 is 15.2 Å². The standard InChI is InChI=1S/C14H24N2O4S/c1-5-7-16(8-6-2)21(17,18)14-9-11(15)12(19-3)10-13(14)20-4/h9-10H,5-8,15H2,1-4H3. The largest absolute Gasteiger partial charge is 0.495 e. The molecule has 0 bridgehead atoms. The summed E-state index contributed by atoms with van der Waals surface area (Å²) in [5, 5.41) is 0. The van der Waals surface area contributed by atoms with Crippen molar-refractivity contribution in [2.75, 3.05) is 33.0 Å². The zero-order valence-electron chi connectivity index (χ0n) is 13.0. The number of rotatable bonds is 8. The fraction of sp³-hybridized carbons (Fsp3) is 0.571. The first kappa shape index (κ1) is 17.6. The van der Waals surface area contributed by atoms with Crippen molar-refractivity contribution in [2.24, 2.45) is 0 Å². The van der Waals surface area contributed by atoms with Gasteiger partial charge in [-0.2, -0.15) is 4.31 Å². The van der Waals surface area contributed by atoms with Gasteiger partial charge < -0.3 is 15.2 Å². The lowest BCUT2D eigenvalue weighted by atomic mass is 10.3. The molecule has 0 radical (unpaired) electrons. The third kappa shape index (κ3) is 3.79. The van der Waals surface area contributed by atoms with Crippen molar-refractivity contribution in [2.45, 2.75) is 31.6 Å². The fourth-order valence-electron chi connectivity index (χ4n) is 2.08. The highest BCUT2D eigenvalue weighted by atomic mass is 32.2. The van der Waals surface area contributed by atoms with Crippen molar-refractivity contribution in [3.63, 3.8) is 0 Å². The summed E-state index contributed by atoms with van der Waals surface area (Å²) >= 11 is 0. The van der Waals surface area contributed by atoms with Crippen molar-refractivity contribution in [1.82, 2.24) is 4.31 Å². The molecule has 0 amide bonds. The van der Waals surface area contributed by atoms with E-state index in [1.165, 1.54) is 30.7 Å². The van der Waals surface area contributed by atoms with E-state index >= 15 is 0 Å². The summed E-state index contributed by atoms with van der Waals surface area (Å²) in [6, 6.07) is 2.89. The van der Waals surface area contributed by atoms with E-state index < -0.39 is 10.0 Å². The van der Waals surface area contributed by atoms with Gasteiger partial charge >= 0.3 is 0 Å². The first-order valence-corrected chi connectivity index (χ1v) is 8.37. The maximum Gasteiger partial charge on any atom is 0.246 e. The van der Waals surface area contributed by atoms with Crippen LogP contribution in [0.3, 0.4) is 0 Å². The topological polar surface area (TPSA) is 81.9 Å². The summed E-state index contributed by atoms with van der Waals surface area (Å²) in [5.74, 6) is 0.626. The monoisotopic (exact) mass is 316 g/mol. The summed E-state index contributed by atoms with van der Waals surface area (Å²) in [5.41, 5.74) is 6.11. The molecular formula is C14H24N2O4S. The van der Waals surface area contributed by atoms with E-state index in [1.807, 2.05) is 13.8 Å². The van der Waals surface area contributed by atoms with Gasteiger partial charge in [0.25, 0.3) is 0 Å². The average Bonchev–Trinajstić information content (AvgIpc) is 2.46. The minimum absolute atomic E-state index is 0.0743. The van der Waals surface area contributed by atoms with Crippen LogP contribution in [0.15, 0.2) is 17.0 Å². The van der Waals surface area contributed by atoms with Crippen LogP contribution in [0, 0.1) is 0 Å². The van der Waals surface area contributed by atoms with Gasteiger partial charge in [-0.15, -0.1) is 0 Å². The molecule has 1 aromatic carbocycles. The van der Waals surface area contributed by atoms with Gasteiger partial charge in [-0.25, -0.2) is 8.42 Å². The smallest absolute Gasteiger partial charge is 0.246 e. The van der Waals surface area contributed by atoms with Crippen LogP contribution in [0.5, 0.6) is 11.5 Å². The van der Waals surface area contributed by atoms with Crippen LogP contribution in [0.1, 0.15) is 26.7 Å². The number of benzene rings is 1. The van der Waals surface area contributed by atoms with E-state index in [1.54, 1.807) is 0 Å². The molecule has 0 aliphatic heterocycles. The van der Waals surface area contributed by atoms with Crippen LogP contribution in [0.4, 0.5) is 5.69 Å². The molecule has 0 aromatic heterocycles. The highest BCUT2D eigenvalue weighted by Gasteiger charge is 2.28. The number of nitrogens with two attached hydrogens (primary N) is 1. The maximum atomic E-state index is 12.8. The Balaban J connectivity index is 3.38. The maximum absolute atomic E-state index is 12.8. The summed E-state index contributed by atoms with van der Waals surface area (Å²) in [6.45, 7) is 4.81. The number of sulfonamides is 1. The molecule has 0 fully saturated rings. The van der Waals surface area contributed by atoms with Gasteiger partial charge in [0.05, 0.1) is 19.9 Å². The number of hydrogen-bond donors (Lipinski definition) is 1. The lowest BCUT2D eigenvalue weighted by Crippen LogP contribution is -2.32. The quantitative estimate of drug-likeness (QED) is 0.743. The molecule has 0 saturated carbocycles. The highest BCUT2D eigenvalue weighted by molar-refractivity contribution is 7.89. The lowest BCUT2D eigenvalue weighted by Gasteiger charge is -2.22. The van der Waals surface area contributed by atoms with Gasteiger partial charge in [0.15, 0.2) is 0 Å². The number of methoxy groups -OCH3 is 2. The van der Waals surface area contributed by atoms with E-state index in [4.69, 9.17) is 15.2 Å². The second-order valence-corrected chi connectivity index (χ2v) is 6.56. The molecule has 2 N–H and O–H groups in total. The molecule has 1 aromatic rings. The van der Waals surface area contributed by atoms with Crippen LogP contribution in [-0.4, -0.2) is 40.0 Å². The number of ether oxygens (including phenoxy) is 2. The molecule has 0 unspecified atom stereocenters. The van der Waals surface area contributed by atoms with Crippen molar-refractivity contribution in [1.29, 1.82) is 0 Å². The summed E-state index contributed by atoms with van der Waals surface area (Å²) in [4.78, 5) is 0.0743. The predicted molar refractivity (Wildman–Crippen MR) is 83.3 cm³/mol. The van der Waals surface area contributed by atoms with E-state index in [2.05, 4.69) is 0 Å². The van der Waals surface area contributed by atoms with Crippen molar-refractivity contribution >= 4 is 15.7 Å². The molecule has 0 spiro atoms. The second kappa shape index (κ2) is 7.51. The summed E-state index contributed by atoms with van der Waals surface area (Å²) in [6.07, 6.45) is 1.49. The first-order chi connectivity index (χ1) is 9.92. The van der Waals surface area contributed by atoms with Crippen molar-refractivity contribution < 1.29 is 17.9 Å². The van der Waals surface area contributed by atoms with Crippen LogP contribution in [0.2, 0.25) is 0 Å². The molecule has 0 aliphatic rings. The molecule has 1 rings (SSSR count). The number of nitrogen functional groups attached to an aromatic ring is 1. The molecule has 0 heterocycles. The van der Waals surface area contributed by atoms with E-state index in [0.717, 1.165) is 12.8 Å². The third-order valence-electron chi connectivity index (χ3n) is 3.08. The second-order valence-electron chi connectivity index (χ2n) is 4.65. The van der Waals surface area contributed by atoms with Crippen LogP contribution in [0.25, 0.3) is 0 Å². The van der Waals surface area contributed by atoms with E-state index in [-0.39, 0.29) is 16.3 Å². The summed E-state index contributed by atoms with van der Waals surface area (Å²) in [7, 11) is -0.746. The Hall–Kier alpha value is -1.47. The zero-order valence-corrected chi connectivity index (χ0v) is 13.9. The first-order valence-electron chi connectivity index (χ1n) is 6.93. The molecule has 7 heteroatoms. The van der Waals surface area contributed by atoms with E-state index in [0.29, 0.717) is 18.8 Å². The molecule has 0 atom stereocenters. The van der Waals surface area contributed by atoms with Gasteiger partial charge in [-0.1, -0.05) is 13.8 Å². The SMILES string of the molecule is CCCN(CCC)S(=O)(=O)c1cc(N)c(OC)cc1OC. The molecule has 6 nitrogen and oxygen atoms in total. The Labute approximate surface area is 126 Å². The van der Waals surface area contributed by atoms with Gasteiger partial charge in [0, 0.05) is 19.2 Å². The Morgan fingerprint density at radius 3 is 2.00 bits per heavy atom. The normalized spacial score (nSPS) is 11.7. The van der Waals surface area contributed by atoms with Crippen LogP contribution >= 0.6 is 0 Å². The van der Waals surface area contributed by atoms with E-state index in [9.17, 15) is 8.42 Å².